The minimum atomic E-state index is 0.268. The van der Waals surface area contributed by atoms with Crippen LogP contribution in [0.4, 0.5) is 0 Å². The average molecular weight is 232 g/mol. The third-order valence-corrected chi connectivity index (χ3v) is 4.44. The quantitative estimate of drug-likeness (QED) is 0.803. The predicted octanol–water partition coefficient (Wildman–Crippen LogP) is 0.684. The van der Waals surface area contributed by atoms with Gasteiger partial charge in [0.1, 0.15) is 0 Å². The summed E-state index contributed by atoms with van der Waals surface area (Å²) in [6, 6.07) is 10.8. The van der Waals surface area contributed by atoms with Gasteiger partial charge in [-0.25, -0.2) is 0 Å². The fourth-order valence-corrected chi connectivity index (χ4v) is 3.52. The van der Waals surface area contributed by atoms with Gasteiger partial charge in [-0.3, -0.25) is 4.90 Å². The Kier molecular flexibility index (Phi) is 2.90. The molecule has 3 nitrogen and oxygen atoms in total. The number of fused-ring (bicyclic) bond motifs is 1. The molecule has 17 heavy (non-hydrogen) atoms. The Morgan fingerprint density at radius 3 is 2.71 bits per heavy atom. The highest BCUT2D eigenvalue weighted by Gasteiger charge is 2.59. The van der Waals surface area contributed by atoms with E-state index in [0.717, 1.165) is 25.6 Å². The molecule has 0 radical (unpaired) electrons. The van der Waals surface area contributed by atoms with E-state index in [1.54, 1.807) is 0 Å². The van der Waals surface area contributed by atoms with Crippen molar-refractivity contribution in [2.45, 2.75) is 12.6 Å². The topological polar surface area (TPSA) is 49.5 Å². The number of nitrogens with two attached hydrogens (primary N) is 1. The number of benzene rings is 1. The summed E-state index contributed by atoms with van der Waals surface area (Å²) in [7, 11) is 0. The zero-order valence-corrected chi connectivity index (χ0v) is 10.00. The molecule has 92 valence electrons. The third-order valence-electron chi connectivity index (χ3n) is 4.44. The lowest BCUT2D eigenvalue weighted by molar-refractivity contribution is 0.122. The van der Waals surface area contributed by atoms with Gasteiger partial charge < -0.3 is 10.8 Å². The zero-order valence-electron chi connectivity index (χ0n) is 10.00. The van der Waals surface area contributed by atoms with Crippen LogP contribution >= 0.6 is 0 Å². The van der Waals surface area contributed by atoms with Crippen molar-refractivity contribution in [1.82, 2.24) is 4.90 Å². The van der Waals surface area contributed by atoms with Crippen LogP contribution in [0.15, 0.2) is 30.3 Å². The molecule has 4 atom stereocenters. The molecule has 0 bridgehead atoms. The molecule has 0 amide bonds. The molecule has 1 aliphatic carbocycles. The van der Waals surface area contributed by atoms with Crippen LogP contribution in [0.25, 0.3) is 0 Å². The first-order valence-corrected chi connectivity index (χ1v) is 6.44. The monoisotopic (exact) mass is 232 g/mol. The average Bonchev–Trinajstić information content (AvgIpc) is 2.93. The molecule has 1 heterocycles. The summed E-state index contributed by atoms with van der Waals surface area (Å²) in [5.74, 6) is 2.05. The standard InChI is InChI=1S/C14H20N2O/c15-6-11-12-8-16(13(9-17)14(11)12)7-10-4-2-1-3-5-10/h1-5,11-14,17H,6-9,15H2/t11-,12-,13-,14+/m1/s1. The lowest BCUT2D eigenvalue weighted by atomic mass is 10.1. The maximum absolute atomic E-state index is 9.54. The van der Waals surface area contributed by atoms with Crippen LogP contribution in [0.3, 0.4) is 0 Å². The summed E-state index contributed by atoms with van der Waals surface area (Å²) in [6.45, 7) is 3.11. The molecule has 3 heteroatoms. The van der Waals surface area contributed by atoms with Gasteiger partial charge in [-0.05, 0) is 29.9 Å². The molecular formula is C14H20N2O. The Hall–Kier alpha value is -0.900. The Morgan fingerprint density at radius 1 is 1.29 bits per heavy atom. The molecule has 3 N–H and O–H groups in total. The highest BCUT2D eigenvalue weighted by molar-refractivity contribution is 5.17. The van der Waals surface area contributed by atoms with Gasteiger partial charge in [-0.15, -0.1) is 0 Å². The van der Waals surface area contributed by atoms with Crippen molar-refractivity contribution in [3.8, 4) is 0 Å². The zero-order chi connectivity index (χ0) is 11.8. The second-order valence-electron chi connectivity index (χ2n) is 5.31. The van der Waals surface area contributed by atoms with E-state index in [4.69, 9.17) is 5.73 Å². The number of hydrogen-bond donors (Lipinski definition) is 2. The summed E-state index contributed by atoms with van der Waals surface area (Å²) in [6.07, 6.45) is 0. The summed E-state index contributed by atoms with van der Waals surface area (Å²) >= 11 is 0. The van der Waals surface area contributed by atoms with Gasteiger partial charge in [0, 0.05) is 19.1 Å². The smallest absolute Gasteiger partial charge is 0.0589 e. The van der Waals surface area contributed by atoms with E-state index in [-0.39, 0.29) is 6.61 Å². The SMILES string of the molecule is NC[C@@H]1[C@H]2CN(Cc3ccccc3)[C@H](CO)[C@@H]12. The maximum atomic E-state index is 9.54. The molecule has 2 fully saturated rings. The normalized spacial score (nSPS) is 35.9. The van der Waals surface area contributed by atoms with Crippen molar-refractivity contribution < 1.29 is 5.11 Å². The number of hydrogen-bond acceptors (Lipinski definition) is 3. The fourth-order valence-electron chi connectivity index (χ4n) is 3.52. The number of aliphatic hydroxyl groups excluding tert-OH is 1. The molecule has 0 spiro atoms. The molecular weight excluding hydrogens is 212 g/mol. The summed E-state index contributed by atoms with van der Waals surface area (Å²) in [5, 5.41) is 9.54. The van der Waals surface area contributed by atoms with Crippen LogP contribution in [0.2, 0.25) is 0 Å². The van der Waals surface area contributed by atoms with Gasteiger partial charge in [0.25, 0.3) is 0 Å². The molecule has 3 rings (SSSR count). The maximum Gasteiger partial charge on any atom is 0.0589 e. The van der Waals surface area contributed by atoms with E-state index in [0.29, 0.717) is 17.9 Å². The van der Waals surface area contributed by atoms with Crippen LogP contribution in [0.1, 0.15) is 5.56 Å². The van der Waals surface area contributed by atoms with Gasteiger partial charge in [0.05, 0.1) is 6.61 Å². The van der Waals surface area contributed by atoms with Gasteiger partial charge in [-0.2, -0.15) is 0 Å². The van der Waals surface area contributed by atoms with E-state index in [9.17, 15) is 5.11 Å². The van der Waals surface area contributed by atoms with Crippen LogP contribution < -0.4 is 5.73 Å². The van der Waals surface area contributed by atoms with E-state index >= 15 is 0 Å². The summed E-state index contributed by atoms with van der Waals surface area (Å²) < 4.78 is 0. The van der Waals surface area contributed by atoms with Gasteiger partial charge in [0.2, 0.25) is 0 Å². The van der Waals surface area contributed by atoms with E-state index in [1.807, 2.05) is 6.07 Å². The van der Waals surface area contributed by atoms with E-state index in [1.165, 1.54) is 5.56 Å². The second-order valence-corrected chi connectivity index (χ2v) is 5.31. The number of nitrogens with zero attached hydrogens (tertiary/aromatic N) is 1. The van der Waals surface area contributed by atoms with Crippen molar-refractivity contribution in [1.29, 1.82) is 0 Å². The minimum absolute atomic E-state index is 0.268. The van der Waals surface area contributed by atoms with Crippen LogP contribution in [-0.2, 0) is 6.54 Å². The number of piperidine rings is 1. The van der Waals surface area contributed by atoms with E-state index < -0.39 is 0 Å². The highest BCUT2D eigenvalue weighted by Crippen LogP contribution is 2.54. The van der Waals surface area contributed by atoms with Gasteiger partial charge in [-0.1, -0.05) is 30.3 Å². The molecule has 0 unspecified atom stereocenters. The predicted molar refractivity (Wildman–Crippen MR) is 67.3 cm³/mol. The molecule has 2 aliphatic rings. The fraction of sp³-hybridized carbons (Fsp3) is 0.571. The van der Waals surface area contributed by atoms with Gasteiger partial charge >= 0.3 is 0 Å². The second kappa shape index (κ2) is 4.41. The molecule has 1 aliphatic heterocycles. The lowest BCUT2D eigenvalue weighted by Crippen LogP contribution is -2.37. The first-order chi connectivity index (χ1) is 8.35. The van der Waals surface area contributed by atoms with Crippen LogP contribution in [-0.4, -0.2) is 35.7 Å². The molecule has 0 aromatic heterocycles. The van der Waals surface area contributed by atoms with Crippen LogP contribution in [0, 0.1) is 17.8 Å². The Morgan fingerprint density at radius 2 is 2.06 bits per heavy atom. The molecule has 1 aromatic carbocycles. The minimum Gasteiger partial charge on any atom is -0.395 e. The molecule has 1 saturated carbocycles. The highest BCUT2D eigenvalue weighted by atomic mass is 16.3. The molecule has 1 saturated heterocycles. The van der Waals surface area contributed by atoms with Crippen molar-refractivity contribution in [3.63, 3.8) is 0 Å². The summed E-state index contributed by atoms with van der Waals surface area (Å²) in [4.78, 5) is 2.41. The first kappa shape index (κ1) is 11.2. The lowest BCUT2D eigenvalue weighted by Gasteiger charge is -2.27. The van der Waals surface area contributed by atoms with Crippen molar-refractivity contribution in [2.75, 3.05) is 19.7 Å². The Balaban J connectivity index is 1.66. The largest absolute Gasteiger partial charge is 0.395 e. The Bertz CT molecular complexity index is 381. The van der Waals surface area contributed by atoms with Crippen molar-refractivity contribution in [3.05, 3.63) is 35.9 Å². The van der Waals surface area contributed by atoms with Crippen molar-refractivity contribution >= 4 is 0 Å². The van der Waals surface area contributed by atoms with E-state index in [2.05, 4.69) is 29.2 Å². The third kappa shape index (κ3) is 1.88. The van der Waals surface area contributed by atoms with Crippen molar-refractivity contribution in [2.24, 2.45) is 23.5 Å². The number of rotatable bonds is 4. The first-order valence-electron chi connectivity index (χ1n) is 6.44. The Labute approximate surface area is 102 Å². The molecule has 1 aromatic rings. The van der Waals surface area contributed by atoms with Crippen LogP contribution in [0.5, 0.6) is 0 Å². The summed E-state index contributed by atoms with van der Waals surface area (Å²) in [5.41, 5.74) is 7.07. The number of aliphatic hydroxyl groups is 1. The number of likely N-dealkylation sites (tertiary alicyclic amines) is 1. The van der Waals surface area contributed by atoms with Gasteiger partial charge in [0.15, 0.2) is 0 Å².